The molecule has 0 aliphatic heterocycles. The summed E-state index contributed by atoms with van der Waals surface area (Å²) in [6.07, 6.45) is 6.31. The summed E-state index contributed by atoms with van der Waals surface area (Å²) in [4.78, 5) is 24.0. The highest BCUT2D eigenvalue weighted by molar-refractivity contribution is 6.07. The molecular weight excluding hydrogens is 202 g/mol. The molecule has 4 heteroatoms. The number of hydrogen-bond acceptors (Lipinski definition) is 4. The summed E-state index contributed by atoms with van der Waals surface area (Å²) >= 11 is 0. The van der Waals surface area contributed by atoms with Crippen LogP contribution >= 0.6 is 0 Å². The summed E-state index contributed by atoms with van der Waals surface area (Å²) in [6.45, 7) is 3.72. The van der Waals surface area contributed by atoms with Crippen molar-refractivity contribution in [3.05, 3.63) is 53.4 Å². The van der Waals surface area contributed by atoms with Crippen molar-refractivity contribution in [3.63, 3.8) is 0 Å². The molecule has 4 nitrogen and oxygen atoms in total. The van der Waals surface area contributed by atoms with Gasteiger partial charge in [0.05, 0.1) is 11.9 Å². The molecule has 0 aliphatic carbocycles. The Morgan fingerprint density at radius 3 is 2.50 bits per heavy atom. The molecule has 16 heavy (non-hydrogen) atoms. The second kappa shape index (κ2) is 4.18. The minimum atomic E-state index is -0.149. The number of rotatable bonds is 2. The van der Waals surface area contributed by atoms with Crippen molar-refractivity contribution in [2.75, 3.05) is 0 Å². The molecule has 0 spiro atoms. The zero-order chi connectivity index (χ0) is 11.5. The highest BCUT2D eigenvalue weighted by Crippen LogP contribution is 2.07. The van der Waals surface area contributed by atoms with E-state index in [9.17, 15) is 4.79 Å². The van der Waals surface area contributed by atoms with Gasteiger partial charge in [0.1, 0.15) is 5.69 Å². The van der Waals surface area contributed by atoms with E-state index >= 15 is 0 Å². The van der Waals surface area contributed by atoms with Gasteiger partial charge in [0.25, 0.3) is 0 Å². The summed E-state index contributed by atoms with van der Waals surface area (Å²) in [7, 11) is 0. The van der Waals surface area contributed by atoms with Gasteiger partial charge in [-0.05, 0) is 25.5 Å². The molecule has 0 fully saturated rings. The van der Waals surface area contributed by atoms with Crippen LogP contribution in [0.1, 0.15) is 27.3 Å². The van der Waals surface area contributed by atoms with Gasteiger partial charge in [0, 0.05) is 24.2 Å². The predicted molar refractivity (Wildman–Crippen MR) is 59.2 cm³/mol. The number of carbonyl (C=O) groups excluding carboxylic acids is 1. The van der Waals surface area contributed by atoms with Crippen LogP contribution in [-0.4, -0.2) is 20.7 Å². The van der Waals surface area contributed by atoms with E-state index in [0.29, 0.717) is 11.3 Å². The Labute approximate surface area is 93.4 Å². The van der Waals surface area contributed by atoms with Gasteiger partial charge < -0.3 is 0 Å². The molecule has 2 rings (SSSR count). The SMILES string of the molecule is Cc1cncc(C(=O)c2cnc(C)cn2)c1. The minimum Gasteiger partial charge on any atom is -0.287 e. The average Bonchev–Trinajstić information content (AvgIpc) is 2.29. The lowest BCUT2D eigenvalue weighted by Gasteiger charge is -2.00. The Bertz CT molecular complexity index is 520. The fourth-order valence-electron chi connectivity index (χ4n) is 1.34. The number of hydrogen-bond donors (Lipinski definition) is 0. The minimum absolute atomic E-state index is 0.149. The first-order chi connectivity index (χ1) is 7.66. The lowest BCUT2D eigenvalue weighted by atomic mass is 10.1. The summed E-state index contributed by atoms with van der Waals surface area (Å²) in [6, 6.07) is 1.79. The Balaban J connectivity index is 2.35. The lowest BCUT2D eigenvalue weighted by molar-refractivity contribution is 0.103. The Morgan fingerprint density at radius 2 is 1.88 bits per heavy atom. The van der Waals surface area contributed by atoms with Gasteiger partial charge in [-0.25, -0.2) is 4.98 Å². The van der Waals surface area contributed by atoms with E-state index in [4.69, 9.17) is 0 Å². The van der Waals surface area contributed by atoms with Gasteiger partial charge in [-0.1, -0.05) is 0 Å². The van der Waals surface area contributed by atoms with Crippen LogP contribution in [0.4, 0.5) is 0 Å². The Morgan fingerprint density at radius 1 is 1.06 bits per heavy atom. The molecule has 0 aromatic carbocycles. The number of carbonyl (C=O) groups is 1. The van der Waals surface area contributed by atoms with Crippen LogP contribution < -0.4 is 0 Å². The van der Waals surface area contributed by atoms with E-state index in [2.05, 4.69) is 15.0 Å². The molecule has 80 valence electrons. The van der Waals surface area contributed by atoms with Crippen molar-refractivity contribution in [3.8, 4) is 0 Å². The fourth-order valence-corrected chi connectivity index (χ4v) is 1.34. The number of nitrogens with zero attached hydrogens (tertiary/aromatic N) is 3. The molecule has 0 saturated carbocycles. The Hall–Kier alpha value is -2.10. The summed E-state index contributed by atoms with van der Waals surface area (Å²) < 4.78 is 0. The van der Waals surface area contributed by atoms with Gasteiger partial charge in [-0.3, -0.25) is 14.8 Å². The van der Waals surface area contributed by atoms with Crippen molar-refractivity contribution in [2.45, 2.75) is 13.8 Å². The van der Waals surface area contributed by atoms with Crippen LogP contribution in [0.5, 0.6) is 0 Å². The van der Waals surface area contributed by atoms with Crippen LogP contribution in [0, 0.1) is 13.8 Å². The first kappa shape index (κ1) is 10.4. The maximum atomic E-state index is 12.0. The van der Waals surface area contributed by atoms with Gasteiger partial charge in [0.2, 0.25) is 5.78 Å². The normalized spacial score (nSPS) is 10.1. The topological polar surface area (TPSA) is 55.7 Å². The quantitative estimate of drug-likeness (QED) is 0.713. The smallest absolute Gasteiger partial charge is 0.214 e. The molecule has 2 aromatic rings. The first-order valence-electron chi connectivity index (χ1n) is 4.92. The van der Waals surface area contributed by atoms with Gasteiger partial charge in [-0.2, -0.15) is 0 Å². The van der Waals surface area contributed by atoms with Crippen molar-refractivity contribution >= 4 is 5.78 Å². The summed E-state index contributed by atoms with van der Waals surface area (Å²) in [5, 5.41) is 0. The van der Waals surface area contributed by atoms with Gasteiger partial charge >= 0.3 is 0 Å². The third kappa shape index (κ3) is 2.11. The van der Waals surface area contributed by atoms with Crippen LogP contribution in [-0.2, 0) is 0 Å². The number of aromatic nitrogens is 3. The number of pyridine rings is 1. The van der Waals surface area contributed by atoms with Crippen LogP contribution in [0.25, 0.3) is 0 Å². The molecule has 0 aliphatic rings. The van der Waals surface area contributed by atoms with Crippen LogP contribution in [0.2, 0.25) is 0 Å². The largest absolute Gasteiger partial charge is 0.287 e. The van der Waals surface area contributed by atoms with Crippen molar-refractivity contribution in [2.24, 2.45) is 0 Å². The monoisotopic (exact) mass is 213 g/mol. The van der Waals surface area contributed by atoms with E-state index in [-0.39, 0.29) is 5.78 Å². The third-order valence-corrected chi connectivity index (χ3v) is 2.15. The van der Waals surface area contributed by atoms with Crippen molar-refractivity contribution in [1.29, 1.82) is 0 Å². The van der Waals surface area contributed by atoms with Gasteiger partial charge in [0.15, 0.2) is 0 Å². The van der Waals surface area contributed by atoms with Crippen LogP contribution in [0.15, 0.2) is 30.9 Å². The van der Waals surface area contributed by atoms with Crippen molar-refractivity contribution in [1.82, 2.24) is 15.0 Å². The molecular formula is C12H11N3O. The third-order valence-electron chi connectivity index (χ3n) is 2.15. The zero-order valence-corrected chi connectivity index (χ0v) is 9.14. The highest BCUT2D eigenvalue weighted by Gasteiger charge is 2.10. The second-order valence-electron chi connectivity index (χ2n) is 3.62. The standard InChI is InChI=1S/C12H11N3O/c1-8-3-10(6-13-4-8)12(16)11-7-14-9(2)5-15-11/h3-7H,1-2H3. The summed E-state index contributed by atoms with van der Waals surface area (Å²) in [5.74, 6) is -0.149. The van der Waals surface area contributed by atoms with Crippen molar-refractivity contribution < 1.29 is 4.79 Å². The van der Waals surface area contributed by atoms with E-state index in [0.717, 1.165) is 11.3 Å². The zero-order valence-electron chi connectivity index (χ0n) is 9.14. The van der Waals surface area contributed by atoms with Gasteiger partial charge in [-0.15, -0.1) is 0 Å². The van der Waals surface area contributed by atoms with E-state index in [1.807, 2.05) is 13.8 Å². The lowest BCUT2D eigenvalue weighted by Crippen LogP contribution is -2.05. The highest BCUT2D eigenvalue weighted by atomic mass is 16.1. The first-order valence-corrected chi connectivity index (χ1v) is 4.92. The molecule has 0 N–H and O–H groups in total. The summed E-state index contributed by atoms with van der Waals surface area (Å²) in [5.41, 5.74) is 2.63. The molecule has 2 aromatic heterocycles. The van der Waals surface area contributed by atoms with E-state index < -0.39 is 0 Å². The molecule has 0 amide bonds. The maximum Gasteiger partial charge on any atom is 0.214 e. The van der Waals surface area contributed by atoms with E-state index in [1.54, 1.807) is 18.5 Å². The average molecular weight is 213 g/mol. The van der Waals surface area contributed by atoms with Crippen LogP contribution in [0.3, 0.4) is 0 Å². The Kier molecular flexibility index (Phi) is 2.72. The van der Waals surface area contributed by atoms with E-state index in [1.165, 1.54) is 12.4 Å². The maximum absolute atomic E-state index is 12.0. The number of aryl methyl sites for hydroxylation is 2. The molecule has 0 atom stereocenters. The molecule has 0 bridgehead atoms. The molecule has 0 saturated heterocycles. The number of ketones is 1. The molecule has 0 radical (unpaired) electrons. The fraction of sp³-hybridized carbons (Fsp3) is 0.167. The molecule has 2 heterocycles. The predicted octanol–water partition coefficient (Wildman–Crippen LogP) is 1.72. The second-order valence-corrected chi connectivity index (χ2v) is 3.62. The molecule has 0 unspecified atom stereocenters.